The van der Waals surface area contributed by atoms with Crippen molar-refractivity contribution >= 4 is 16.6 Å². The molecule has 1 aromatic heterocycles. The summed E-state index contributed by atoms with van der Waals surface area (Å²) < 4.78 is 0. The Hall–Kier alpha value is -4.78. The van der Waals surface area contributed by atoms with Crippen molar-refractivity contribution in [3.63, 3.8) is 0 Å². The topological polar surface area (TPSA) is 143 Å². The highest BCUT2D eigenvalue weighted by atomic mass is 16.3. The Kier molecular flexibility index (Phi) is 12.9. The SMILES string of the molecule is CC(C)(C)c1c[nH]c2ccc(O)cc12.CC(C)(C)c1ccc(O)c(N)c1.CC(C)(C)c1ccc(O)c(O)c1.CC(C)(C)c1ccc(O)cc1. The largest absolute Gasteiger partial charge is 0.508 e. The number of hydrogen-bond donors (Lipinski definition) is 7. The second-order valence-corrected chi connectivity index (χ2v) is 16.5. The maximum atomic E-state index is 9.42. The number of anilines is 1. The Morgan fingerprint density at radius 1 is 0.449 bits per heavy atom. The van der Waals surface area contributed by atoms with Gasteiger partial charge in [-0.3, -0.25) is 0 Å². The number of phenolic OH excluding ortho intramolecular Hbond substituents is 5. The minimum Gasteiger partial charge on any atom is -0.508 e. The van der Waals surface area contributed by atoms with E-state index >= 15 is 0 Å². The van der Waals surface area contributed by atoms with E-state index in [9.17, 15) is 15.3 Å². The van der Waals surface area contributed by atoms with E-state index in [0.717, 1.165) is 22.0 Å². The third-order valence-electron chi connectivity index (χ3n) is 7.94. The number of fused-ring (bicyclic) bond motifs is 1. The summed E-state index contributed by atoms with van der Waals surface area (Å²) in [5.41, 5.74) is 12.1. The average Bonchev–Trinajstić information content (AvgIpc) is 3.39. The molecule has 0 aliphatic carbocycles. The number of aromatic hydroxyl groups is 5. The van der Waals surface area contributed by atoms with Gasteiger partial charge in [-0.15, -0.1) is 0 Å². The normalized spacial score (nSPS) is 11.8. The molecule has 266 valence electrons. The molecule has 4 aromatic carbocycles. The van der Waals surface area contributed by atoms with E-state index in [1.165, 1.54) is 17.2 Å². The molecule has 0 bridgehead atoms. The maximum Gasteiger partial charge on any atom is 0.157 e. The molecule has 7 nitrogen and oxygen atoms in total. The molecular weight excluding hydrogens is 612 g/mol. The number of aromatic nitrogens is 1. The fourth-order valence-corrected chi connectivity index (χ4v) is 4.70. The molecule has 1 heterocycles. The van der Waals surface area contributed by atoms with Gasteiger partial charge in [0.1, 0.15) is 17.2 Å². The summed E-state index contributed by atoms with van der Waals surface area (Å²) in [7, 11) is 0. The first-order chi connectivity index (χ1) is 22.3. The quantitative estimate of drug-likeness (QED) is 0.0645. The average molecular weight is 671 g/mol. The molecule has 0 atom stereocenters. The number of phenols is 5. The predicted octanol–water partition coefficient (Wildman–Crippen LogP) is 10.5. The van der Waals surface area contributed by atoms with E-state index in [0.29, 0.717) is 17.2 Å². The zero-order valence-electron chi connectivity index (χ0n) is 31.4. The van der Waals surface area contributed by atoms with Gasteiger partial charge < -0.3 is 36.3 Å². The molecule has 5 rings (SSSR count). The van der Waals surface area contributed by atoms with Gasteiger partial charge in [-0.25, -0.2) is 0 Å². The van der Waals surface area contributed by atoms with Crippen molar-refractivity contribution in [2.75, 3.05) is 5.73 Å². The molecule has 0 saturated carbocycles. The van der Waals surface area contributed by atoms with Crippen LogP contribution in [0.5, 0.6) is 28.7 Å². The number of nitrogen functional groups attached to an aromatic ring is 1. The minimum atomic E-state index is -0.0667. The minimum absolute atomic E-state index is 0.00514. The maximum absolute atomic E-state index is 9.42. The fourth-order valence-electron chi connectivity index (χ4n) is 4.70. The second kappa shape index (κ2) is 15.6. The van der Waals surface area contributed by atoms with Gasteiger partial charge in [-0.05, 0) is 98.5 Å². The van der Waals surface area contributed by atoms with Crippen LogP contribution in [0.2, 0.25) is 0 Å². The summed E-state index contributed by atoms with van der Waals surface area (Å²) in [6, 6.07) is 23.0. The standard InChI is InChI=1S/C12H15NO.C10H15NO.C10H14O2.C10H14O/c1-12(2,3)10-7-13-11-5-4-8(14)6-9(10)11;1-10(2,3)7-4-5-9(12)8(11)6-7;1-10(2,3)7-4-5-8(11)9(12)6-7;1-10(2,3)8-4-6-9(11)7-5-8/h4-7,13-14H,1-3H3;4-6,12H,11H2,1-3H3;4-6,11-12H,1-3H3;4-7,11H,1-3H3. The summed E-state index contributed by atoms with van der Waals surface area (Å²) in [6.45, 7) is 25.4. The molecule has 8 N–H and O–H groups in total. The van der Waals surface area contributed by atoms with Crippen LogP contribution in [-0.4, -0.2) is 30.5 Å². The third kappa shape index (κ3) is 12.3. The number of aromatic amines is 1. The third-order valence-corrected chi connectivity index (χ3v) is 7.94. The van der Waals surface area contributed by atoms with Gasteiger partial charge in [-0.2, -0.15) is 0 Å². The first kappa shape index (κ1) is 40.4. The molecule has 7 heteroatoms. The van der Waals surface area contributed by atoms with Crippen LogP contribution in [0.25, 0.3) is 10.9 Å². The summed E-state index contributed by atoms with van der Waals surface area (Å²) in [6.07, 6.45) is 2.02. The highest BCUT2D eigenvalue weighted by Crippen LogP contribution is 2.33. The van der Waals surface area contributed by atoms with Crippen LogP contribution in [0.4, 0.5) is 5.69 Å². The van der Waals surface area contributed by atoms with Crippen LogP contribution in [0, 0.1) is 0 Å². The first-order valence-electron chi connectivity index (χ1n) is 16.5. The van der Waals surface area contributed by atoms with Gasteiger partial charge in [0.25, 0.3) is 0 Å². The van der Waals surface area contributed by atoms with Crippen molar-refractivity contribution in [2.45, 2.75) is 105 Å². The lowest BCUT2D eigenvalue weighted by Crippen LogP contribution is -2.11. The van der Waals surface area contributed by atoms with Crippen molar-refractivity contribution in [2.24, 2.45) is 0 Å². The number of hydrogen-bond acceptors (Lipinski definition) is 6. The second-order valence-electron chi connectivity index (χ2n) is 16.5. The van der Waals surface area contributed by atoms with Crippen LogP contribution in [0.1, 0.15) is 105 Å². The van der Waals surface area contributed by atoms with Crippen LogP contribution in [0.15, 0.2) is 85.1 Å². The molecule has 5 aromatic rings. The highest BCUT2D eigenvalue weighted by Gasteiger charge is 2.18. The zero-order chi connectivity index (χ0) is 37.5. The Balaban J connectivity index is 0.000000228. The monoisotopic (exact) mass is 670 g/mol. The van der Waals surface area contributed by atoms with Gasteiger partial charge in [0, 0.05) is 17.1 Å². The molecule has 0 fully saturated rings. The Labute approximate surface area is 293 Å². The van der Waals surface area contributed by atoms with Crippen molar-refractivity contribution in [3.05, 3.63) is 107 Å². The van der Waals surface area contributed by atoms with Gasteiger partial charge in [0.05, 0.1) is 5.69 Å². The molecule has 0 aliphatic heterocycles. The van der Waals surface area contributed by atoms with E-state index in [1.807, 2.05) is 48.7 Å². The van der Waals surface area contributed by atoms with Crippen molar-refractivity contribution in [3.8, 4) is 28.7 Å². The van der Waals surface area contributed by atoms with E-state index in [1.54, 1.807) is 30.3 Å². The molecular formula is C42H58N2O5. The molecule has 0 unspecified atom stereocenters. The Morgan fingerprint density at radius 3 is 1.35 bits per heavy atom. The molecule has 0 spiro atoms. The molecule has 49 heavy (non-hydrogen) atoms. The lowest BCUT2D eigenvalue weighted by atomic mass is 9.87. The van der Waals surface area contributed by atoms with Crippen molar-refractivity contribution < 1.29 is 25.5 Å². The molecule has 0 aliphatic rings. The zero-order valence-corrected chi connectivity index (χ0v) is 31.4. The summed E-state index contributed by atoms with van der Waals surface area (Å²) >= 11 is 0. The van der Waals surface area contributed by atoms with E-state index in [-0.39, 0.29) is 38.9 Å². The van der Waals surface area contributed by atoms with Crippen LogP contribution >= 0.6 is 0 Å². The first-order valence-corrected chi connectivity index (χ1v) is 16.5. The highest BCUT2D eigenvalue weighted by molar-refractivity contribution is 5.85. The van der Waals surface area contributed by atoms with Gasteiger partial charge >= 0.3 is 0 Å². The van der Waals surface area contributed by atoms with Gasteiger partial charge in [0.2, 0.25) is 0 Å². The fraction of sp³-hybridized carbons (Fsp3) is 0.381. The number of H-pyrrole nitrogens is 1. The van der Waals surface area contributed by atoms with Crippen LogP contribution in [-0.2, 0) is 21.7 Å². The molecule has 0 saturated heterocycles. The number of nitrogens with two attached hydrogens (primary N) is 1. The van der Waals surface area contributed by atoms with E-state index in [2.05, 4.69) is 88.1 Å². The molecule has 0 amide bonds. The lowest BCUT2D eigenvalue weighted by Gasteiger charge is -2.19. The Morgan fingerprint density at radius 2 is 0.898 bits per heavy atom. The van der Waals surface area contributed by atoms with Crippen molar-refractivity contribution in [1.82, 2.24) is 4.98 Å². The van der Waals surface area contributed by atoms with Crippen LogP contribution < -0.4 is 5.73 Å². The molecule has 0 radical (unpaired) electrons. The predicted molar refractivity (Wildman–Crippen MR) is 205 cm³/mol. The smallest absolute Gasteiger partial charge is 0.157 e. The summed E-state index contributed by atoms with van der Waals surface area (Å²) in [4.78, 5) is 3.21. The number of nitrogens with one attached hydrogen (secondary N) is 1. The van der Waals surface area contributed by atoms with E-state index < -0.39 is 0 Å². The number of rotatable bonds is 0. The van der Waals surface area contributed by atoms with Crippen LogP contribution in [0.3, 0.4) is 0 Å². The van der Waals surface area contributed by atoms with E-state index in [4.69, 9.17) is 15.9 Å². The van der Waals surface area contributed by atoms with Gasteiger partial charge in [0.15, 0.2) is 11.5 Å². The lowest BCUT2D eigenvalue weighted by molar-refractivity contribution is 0.401. The summed E-state index contributed by atoms with van der Waals surface area (Å²) in [5.74, 6) is 0.689. The summed E-state index contributed by atoms with van der Waals surface area (Å²) in [5, 5.41) is 47.0. The van der Waals surface area contributed by atoms with Crippen molar-refractivity contribution in [1.29, 1.82) is 0 Å². The Bertz CT molecular complexity index is 1730. The number of benzene rings is 4. The van der Waals surface area contributed by atoms with Gasteiger partial charge in [-0.1, -0.05) is 107 Å².